The van der Waals surface area contributed by atoms with Gasteiger partial charge in [-0.15, -0.1) is 11.3 Å². The number of nitrogens with one attached hydrogen (secondary N) is 1. The number of pyridine rings is 1. The molecule has 0 aromatic carbocycles. The van der Waals surface area contributed by atoms with Crippen LogP contribution in [0.15, 0.2) is 23.6 Å². The molecule has 4 heterocycles. The lowest BCUT2D eigenvalue weighted by molar-refractivity contribution is 0.0955. The van der Waals surface area contributed by atoms with Crippen molar-refractivity contribution in [3.63, 3.8) is 0 Å². The van der Waals surface area contributed by atoms with Gasteiger partial charge in [0.15, 0.2) is 15.5 Å². The molecular formula is C19H22N4O3S2. The highest BCUT2D eigenvalue weighted by Crippen LogP contribution is 2.33. The third-order valence-electron chi connectivity index (χ3n) is 4.94. The van der Waals surface area contributed by atoms with Gasteiger partial charge in [0.1, 0.15) is 0 Å². The fourth-order valence-corrected chi connectivity index (χ4v) is 5.98. The molecule has 0 spiro atoms. The second kappa shape index (κ2) is 7.29. The summed E-state index contributed by atoms with van der Waals surface area (Å²) in [6.07, 6.45) is 1.36. The van der Waals surface area contributed by atoms with Gasteiger partial charge >= 0.3 is 0 Å². The predicted molar refractivity (Wildman–Crippen MR) is 111 cm³/mol. The third-order valence-corrected chi connectivity index (χ3v) is 7.59. The van der Waals surface area contributed by atoms with Crippen molar-refractivity contribution >= 4 is 38.1 Å². The Bertz CT molecular complexity index is 1130. The summed E-state index contributed by atoms with van der Waals surface area (Å²) in [7, 11) is -3.06. The fraction of sp³-hybridized carbons (Fsp3) is 0.421. The van der Waals surface area contributed by atoms with E-state index in [0.29, 0.717) is 41.0 Å². The Morgan fingerprint density at radius 3 is 2.89 bits per heavy atom. The maximum Gasteiger partial charge on any atom is 0.252 e. The number of hydrogen-bond acceptors (Lipinski definition) is 6. The zero-order chi connectivity index (χ0) is 19.9. The number of hydrogen-bond donors (Lipinski definition) is 1. The monoisotopic (exact) mass is 418 g/mol. The van der Waals surface area contributed by atoms with Crippen molar-refractivity contribution in [1.29, 1.82) is 0 Å². The molecule has 0 saturated carbocycles. The van der Waals surface area contributed by atoms with Crippen LogP contribution in [0.25, 0.3) is 21.6 Å². The first-order valence-corrected chi connectivity index (χ1v) is 12.0. The van der Waals surface area contributed by atoms with Gasteiger partial charge in [-0.2, -0.15) is 5.10 Å². The van der Waals surface area contributed by atoms with E-state index in [4.69, 9.17) is 4.98 Å². The van der Waals surface area contributed by atoms with Crippen LogP contribution >= 0.6 is 11.3 Å². The SMILES string of the molecule is CCCNC(=O)c1cc(-c2cccs2)nc2c1c(C)nn2[C@H]1CCS(=O)(=O)C1. The van der Waals surface area contributed by atoms with E-state index in [1.807, 2.05) is 37.4 Å². The van der Waals surface area contributed by atoms with Gasteiger partial charge in [-0.1, -0.05) is 13.0 Å². The quantitative estimate of drug-likeness (QED) is 0.687. The van der Waals surface area contributed by atoms with Crippen LogP contribution in [0, 0.1) is 6.92 Å². The Labute approximate surface area is 167 Å². The van der Waals surface area contributed by atoms with Gasteiger partial charge in [0, 0.05) is 6.54 Å². The molecule has 0 bridgehead atoms. The highest BCUT2D eigenvalue weighted by atomic mass is 32.2. The molecular weight excluding hydrogens is 396 g/mol. The third kappa shape index (κ3) is 3.44. The van der Waals surface area contributed by atoms with E-state index in [0.717, 1.165) is 11.3 Å². The summed E-state index contributed by atoms with van der Waals surface area (Å²) in [5.41, 5.74) is 2.50. The first-order chi connectivity index (χ1) is 13.4. The summed E-state index contributed by atoms with van der Waals surface area (Å²) in [6, 6.07) is 5.46. The maximum absolute atomic E-state index is 12.9. The number of aromatic nitrogens is 3. The number of fused-ring (bicyclic) bond motifs is 1. The molecule has 1 saturated heterocycles. The van der Waals surface area contributed by atoms with Crippen molar-refractivity contribution in [2.75, 3.05) is 18.1 Å². The molecule has 1 atom stereocenters. The number of nitrogens with zero attached hydrogens (tertiary/aromatic N) is 3. The Hall–Kier alpha value is -2.26. The van der Waals surface area contributed by atoms with Crippen molar-refractivity contribution in [3.05, 3.63) is 34.8 Å². The zero-order valence-corrected chi connectivity index (χ0v) is 17.4. The van der Waals surface area contributed by atoms with Crippen LogP contribution in [0.3, 0.4) is 0 Å². The Morgan fingerprint density at radius 1 is 1.43 bits per heavy atom. The number of sulfone groups is 1. The number of amides is 1. The molecule has 0 unspecified atom stereocenters. The second-order valence-corrected chi connectivity index (χ2v) is 10.3. The fourth-order valence-electron chi connectivity index (χ4n) is 3.60. The first kappa shape index (κ1) is 19.1. The molecule has 3 aromatic rings. The molecule has 0 aliphatic carbocycles. The molecule has 1 aliphatic heterocycles. The normalized spacial score (nSPS) is 18.6. The Morgan fingerprint density at radius 2 is 2.25 bits per heavy atom. The lowest BCUT2D eigenvalue weighted by Gasteiger charge is -2.11. The van der Waals surface area contributed by atoms with Crippen molar-refractivity contribution in [2.24, 2.45) is 0 Å². The van der Waals surface area contributed by atoms with Gasteiger partial charge in [-0.25, -0.2) is 18.1 Å². The molecule has 1 N–H and O–H groups in total. The lowest BCUT2D eigenvalue weighted by atomic mass is 10.1. The van der Waals surface area contributed by atoms with Gasteiger partial charge in [-0.05, 0) is 37.3 Å². The van der Waals surface area contributed by atoms with Crippen LogP contribution in [0.1, 0.15) is 41.9 Å². The topological polar surface area (TPSA) is 93.9 Å². The van der Waals surface area contributed by atoms with E-state index in [2.05, 4.69) is 10.4 Å². The molecule has 4 rings (SSSR count). The van der Waals surface area contributed by atoms with E-state index in [-0.39, 0.29) is 23.5 Å². The van der Waals surface area contributed by atoms with Gasteiger partial charge < -0.3 is 5.32 Å². The maximum atomic E-state index is 12.9. The minimum atomic E-state index is -3.06. The number of aryl methyl sites for hydroxylation is 1. The highest BCUT2D eigenvalue weighted by Gasteiger charge is 2.32. The van der Waals surface area contributed by atoms with Gasteiger partial charge in [0.2, 0.25) is 0 Å². The minimum Gasteiger partial charge on any atom is -0.352 e. The molecule has 1 amide bonds. The molecule has 148 valence electrons. The van der Waals surface area contributed by atoms with E-state index in [9.17, 15) is 13.2 Å². The molecule has 0 radical (unpaired) electrons. The van der Waals surface area contributed by atoms with Gasteiger partial charge in [0.25, 0.3) is 5.91 Å². The average molecular weight is 419 g/mol. The molecule has 28 heavy (non-hydrogen) atoms. The molecule has 7 nitrogen and oxygen atoms in total. The molecule has 9 heteroatoms. The number of thiophene rings is 1. The summed E-state index contributed by atoms with van der Waals surface area (Å²) in [6.45, 7) is 4.43. The number of rotatable bonds is 5. The largest absolute Gasteiger partial charge is 0.352 e. The number of carbonyl (C=O) groups is 1. The van der Waals surface area contributed by atoms with Crippen LogP contribution in [0.2, 0.25) is 0 Å². The predicted octanol–water partition coefficient (Wildman–Crippen LogP) is 2.97. The van der Waals surface area contributed by atoms with Crippen molar-refractivity contribution < 1.29 is 13.2 Å². The lowest BCUT2D eigenvalue weighted by Crippen LogP contribution is -2.24. The van der Waals surface area contributed by atoms with E-state index in [1.165, 1.54) is 0 Å². The van der Waals surface area contributed by atoms with Crippen molar-refractivity contribution in [3.8, 4) is 10.6 Å². The van der Waals surface area contributed by atoms with Crippen LogP contribution in [0.5, 0.6) is 0 Å². The first-order valence-electron chi connectivity index (χ1n) is 9.32. The van der Waals surface area contributed by atoms with Crippen LogP contribution in [-0.4, -0.2) is 47.1 Å². The summed E-state index contributed by atoms with van der Waals surface area (Å²) < 4.78 is 25.7. The second-order valence-electron chi connectivity index (χ2n) is 7.07. The van der Waals surface area contributed by atoms with E-state index >= 15 is 0 Å². The summed E-state index contributed by atoms with van der Waals surface area (Å²) >= 11 is 1.55. The Balaban J connectivity index is 1.91. The molecule has 3 aromatic heterocycles. The summed E-state index contributed by atoms with van der Waals surface area (Å²) in [4.78, 5) is 18.6. The van der Waals surface area contributed by atoms with Gasteiger partial charge in [-0.3, -0.25) is 4.79 Å². The molecule has 1 aliphatic rings. The summed E-state index contributed by atoms with van der Waals surface area (Å²) in [5, 5.41) is 10.2. The Kier molecular flexibility index (Phi) is 4.96. The standard InChI is InChI=1S/C19H22N4O3S2/c1-3-7-20-19(24)14-10-15(16-5-4-8-27-16)21-18-17(14)12(2)22-23(18)13-6-9-28(25,26)11-13/h4-5,8,10,13H,3,6-7,9,11H2,1-2H3,(H,20,24)/t13-/m0/s1. The van der Waals surface area contributed by atoms with Crippen LogP contribution in [-0.2, 0) is 9.84 Å². The van der Waals surface area contributed by atoms with Crippen LogP contribution in [0.4, 0.5) is 0 Å². The smallest absolute Gasteiger partial charge is 0.252 e. The number of carbonyl (C=O) groups excluding carboxylic acids is 1. The summed E-state index contributed by atoms with van der Waals surface area (Å²) in [5.74, 6) is 0.0617. The van der Waals surface area contributed by atoms with E-state index in [1.54, 1.807) is 16.0 Å². The highest BCUT2D eigenvalue weighted by molar-refractivity contribution is 7.91. The molecule has 1 fully saturated rings. The average Bonchev–Trinajstić information content (AvgIpc) is 3.38. The zero-order valence-electron chi connectivity index (χ0n) is 15.8. The van der Waals surface area contributed by atoms with Crippen molar-refractivity contribution in [2.45, 2.75) is 32.7 Å². The van der Waals surface area contributed by atoms with Crippen molar-refractivity contribution in [1.82, 2.24) is 20.1 Å². The van der Waals surface area contributed by atoms with Gasteiger partial charge in [0.05, 0.1) is 44.8 Å². The minimum absolute atomic E-state index is 0.0610. The van der Waals surface area contributed by atoms with E-state index < -0.39 is 9.84 Å². The van der Waals surface area contributed by atoms with Crippen LogP contribution < -0.4 is 5.32 Å².